The van der Waals surface area contributed by atoms with Gasteiger partial charge in [-0.3, -0.25) is 9.36 Å². The number of carbonyl (C=O) groups excluding carboxylic acids is 1. The summed E-state index contributed by atoms with van der Waals surface area (Å²) in [5, 5.41) is 13.3. The van der Waals surface area contributed by atoms with E-state index in [0.717, 1.165) is 38.5 Å². The minimum absolute atomic E-state index is 0.0110. The number of unbranched alkanes of at least 4 members (excludes halogenated alkanes) is 5. The van der Waals surface area contributed by atoms with Gasteiger partial charge in [0.05, 0.1) is 39.9 Å². The van der Waals surface area contributed by atoms with Crippen LogP contribution < -0.4 is 10.2 Å². The van der Waals surface area contributed by atoms with Crippen molar-refractivity contribution < 1.29 is 32.9 Å². The van der Waals surface area contributed by atoms with Crippen LogP contribution >= 0.6 is 7.82 Å². The Hall–Kier alpha value is -1.28. The van der Waals surface area contributed by atoms with Crippen molar-refractivity contribution in [2.24, 2.45) is 0 Å². The summed E-state index contributed by atoms with van der Waals surface area (Å²) in [6.07, 6.45) is 20.1. The third kappa shape index (κ3) is 22.0. The molecular formula is C27H51N2O6P. The molecule has 0 aromatic carbocycles. The van der Waals surface area contributed by atoms with Gasteiger partial charge in [-0.15, -0.1) is 0 Å². The minimum atomic E-state index is -4.56. The first-order chi connectivity index (χ1) is 17.0. The molecule has 0 fully saturated rings. The molecule has 0 heterocycles. The van der Waals surface area contributed by atoms with Crippen molar-refractivity contribution >= 4 is 13.7 Å². The van der Waals surface area contributed by atoms with E-state index in [1.165, 1.54) is 12.8 Å². The Bertz CT molecular complexity index is 703. The molecule has 0 aliphatic heterocycles. The van der Waals surface area contributed by atoms with Gasteiger partial charge in [-0.05, 0) is 38.5 Å². The molecule has 0 saturated carbocycles. The number of phosphoric ester groups is 1. The molecule has 0 spiro atoms. The highest BCUT2D eigenvalue weighted by Crippen LogP contribution is 2.38. The van der Waals surface area contributed by atoms with Crippen molar-refractivity contribution in [1.29, 1.82) is 0 Å². The second kappa shape index (κ2) is 20.7. The van der Waals surface area contributed by atoms with E-state index < -0.39 is 26.6 Å². The van der Waals surface area contributed by atoms with Crippen LogP contribution in [0.1, 0.15) is 78.1 Å². The lowest BCUT2D eigenvalue weighted by molar-refractivity contribution is -0.870. The maximum Gasteiger partial charge on any atom is 0.268 e. The van der Waals surface area contributed by atoms with Gasteiger partial charge < -0.3 is 28.8 Å². The quantitative estimate of drug-likeness (QED) is 0.0913. The summed E-state index contributed by atoms with van der Waals surface area (Å²) in [6.45, 7) is 4.24. The molecule has 0 bridgehead atoms. The smallest absolute Gasteiger partial charge is 0.268 e. The predicted molar refractivity (Wildman–Crippen MR) is 145 cm³/mol. The van der Waals surface area contributed by atoms with E-state index in [9.17, 15) is 19.4 Å². The van der Waals surface area contributed by atoms with Crippen LogP contribution in [0.25, 0.3) is 0 Å². The first kappa shape index (κ1) is 34.7. The van der Waals surface area contributed by atoms with Gasteiger partial charge >= 0.3 is 0 Å². The Morgan fingerprint density at radius 2 is 1.50 bits per heavy atom. The Labute approximate surface area is 219 Å². The molecular weight excluding hydrogens is 479 g/mol. The number of aliphatic hydroxyl groups excluding tert-OH is 1. The first-order valence-electron chi connectivity index (χ1n) is 13.4. The number of nitrogens with one attached hydrogen (secondary N) is 1. The summed E-state index contributed by atoms with van der Waals surface area (Å²) in [5.74, 6) is -0.253. The van der Waals surface area contributed by atoms with E-state index in [1.807, 2.05) is 34.1 Å². The fraction of sp³-hybridized carbons (Fsp3) is 0.741. The van der Waals surface area contributed by atoms with Crippen LogP contribution in [-0.2, 0) is 18.4 Å². The highest BCUT2D eigenvalue weighted by atomic mass is 31.2. The lowest BCUT2D eigenvalue weighted by atomic mass is 10.1. The number of rotatable bonds is 22. The van der Waals surface area contributed by atoms with E-state index in [-0.39, 0.29) is 12.5 Å². The number of allylic oxidation sites excluding steroid dienone is 5. The topological polar surface area (TPSA) is 108 Å². The fourth-order valence-corrected chi connectivity index (χ4v) is 3.75. The number of phosphoric acid groups is 1. The summed E-state index contributed by atoms with van der Waals surface area (Å²) < 4.78 is 22.6. The van der Waals surface area contributed by atoms with Gasteiger partial charge in [-0.2, -0.15) is 0 Å². The van der Waals surface area contributed by atoms with E-state index in [2.05, 4.69) is 36.5 Å². The molecule has 0 saturated heterocycles. The molecule has 0 radical (unpaired) electrons. The number of amides is 1. The van der Waals surface area contributed by atoms with Gasteiger partial charge in [0.15, 0.2) is 0 Å². The van der Waals surface area contributed by atoms with Crippen molar-refractivity contribution in [2.75, 3.05) is 40.9 Å². The summed E-state index contributed by atoms with van der Waals surface area (Å²) >= 11 is 0. The number of carbonyl (C=O) groups is 1. The normalized spacial score (nSPS) is 16.1. The van der Waals surface area contributed by atoms with Crippen molar-refractivity contribution in [3.8, 4) is 0 Å². The van der Waals surface area contributed by atoms with Crippen molar-refractivity contribution in [3.05, 3.63) is 36.5 Å². The minimum Gasteiger partial charge on any atom is -0.756 e. The number of quaternary nitrogens is 1. The highest BCUT2D eigenvalue weighted by Gasteiger charge is 2.23. The molecule has 3 atom stereocenters. The molecule has 0 aliphatic rings. The second-order valence-corrected chi connectivity index (χ2v) is 11.4. The van der Waals surface area contributed by atoms with Gasteiger partial charge in [-0.25, -0.2) is 0 Å². The number of hydrogen-bond donors (Lipinski definition) is 2. The monoisotopic (exact) mass is 530 g/mol. The van der Waals surface area contributed by atoms with Crippen LogP contribution in [0, 0.1) is 0 Å². The molecule has 9 heteroatoms. The lowest BCUT2D eigenvalue weighted by Gasteiger charge is -2.29. The van der Waals surface area contributed by atoms with Crippen LogP contribution in [0.15, 0.2) is 36.5 Å². The molecule has 1 amide bonds. The predicted octanol–water partition coefficient (Wildman–Crippen LogP) is 4.65. The lowest BCUT2D eigenvalue weighted by Crippen LogP contribution is -2.45. The molecule has 210 valence electrons. The van der Waals surface area contributed by atoms with Gasteiger partial charge in [0.2, 0.25) is 5.91 Å². The van der Waals surface area contributed by atoms with Gasteiger partial charge in [0.1, 0.15) is 13.2 Å². The van der Waals surface area contributed by atoms with Gasteiger partial charge in [-0.1, -0.05) is 69.6 Å². The second-order valence-electron chi connectivity index (χ2n) is 10.0. The van der Waals surface area contributed by atoms with E-state index in [4.69, 9.17) is 9.05 Å². The van der Waals surface area contributed by atoms with Crippen molar-refractivity contribution in [1.82, 2.24) is 5.32 Å². The van der Waals surface area contributed by atoms with Crippen LogP contribution in [0.3, 0.4) is 0 Å². The van der Waals surface area contributed by atoms with Crippen molar-refractivity contribution in [3.63, 3.8) is 0 Å². The third-order valence-electron chi connectivity index (χ3n) is 5.33. The number of aliphatic hydroxyl groups is 1. The average molecular weight is 531 g/mol. The van der Waals surface area contributed by atoms with Crippen molar-refractivity contribution in [2.45, 2.75) is 90.2 Å². The SMILES string of the molecule is CCCC/C=C/CC/C=C/CC/C=C/C(O)C(COP(=O)([O-])OCC[N+](C)(C)C)NC(=O)CCCC. The summed E-state index contributed by atoms with van der Waals surface area (Å²) in [5.41, 5.74) is 0. The molecule has 0 rings (SSSR count). The molecule has 8 nitrogen and oxygen atoms in total. The molecule has 0 aromatic heterocycles. The van der Waals surface area contributed by atoms with E-state index >= 15 is 0 Å². The van der Waals surface area contributed by atoms with E-state index in [1.54, 1.807) is 6.08 Å². The molecule has 36 heavy (non-hydrogen) atoms. The standard InChI is InChI=1S/C27H51N2O6P/c1-6-8-10-11-12-13-14-15-16-17-18-19-20-26(30)25(28-27(31)21-9-7-2)24-35-36(32,33)34-23-22-29(3,4)5/h11-12,15-16,19-20,25-26,30H,6-10,13-14,17-18,21-24H2,1-5H3,(H-,28,31,32,33)/b12-11+,16-15+,20-19+. The Balaban J connectivity index is 4.65. The molecule has 3 unspecified atom stereocenters. The summed E-state index contributed by atoms with van der Waals surface area (Å²) in [6, 6.07) is -0.898. The van der Waals surface area contributed by atoms with E-state index in [0.29, 0.717) is 23.9 Å². The average Bonchev–Trinajstić information content (AvgIpc) is 2.79. The van der Waals surface area contributed by atoms with Crippen LogP contribution in [-0.4, -0.2) is 68.5 Å². The summed E-state index contributed by atoms with van der Waals surface area (Å²) in [4.78, 5) is 24.3. The highest BCUT2D eigenvalue weighted by molar-refractivity contribution is 7.45. The van der Waals surface area contributed by atoms with Crippen LogP contribution in [0.4, 0.5) is 0 Å². The Morgan fingerprint density at radius 3 is 2.06 bits per heavy atom. The van der Waals surface area contributed by atoms with Crippen LogP contribution in [0.5, 0.6) is 0 Å². The first-order valence-corrected chi connectivity index (χ1v) is 14.8. The maximum absolute atomic E-state index is 12.2. The number of likely N-dealkylation sites (N-methyl/N-ethyl adjacent to an activating group) is 1. The Morgan fingerprint density at radius 1 is 0.944 bits per heavy atom. The zero-order valence-electron chi connectivity index (χ0n) is 23.2. The number of hydrogen-bond acceptors (Lipinski definition) is 6. The zero-order chi connectivity index (χ0) is 27.3. The Kier molecular flexibility index (Phi) is 20.0. The van der Waals surface area contributed by atoms with Crippen LogP contribution in [0.2, 0.25) is 0 Å². The number of nitrogens with zero attached hydrogens (tertiary/aromatic N) is 1. The third-order valence-corrected chi connectivity index (χ3v) is 6.29. The fourth-order valence-electron chi connectivity index (χ4n) is 3.03. The molecule has 0 aliphatic carbocycles. The summed E-state index contributed by atoms with van der Waals surface area (Å²) in [7, 11) is 1.22. The molecule has 0 aromatic rings. The largest absolute Gasteiger partial charge is 0.756 e. The van der Waals surface area contributed by atoms with Gasteiger partial charge in [0, 0.05) is 6.42 Å². The molecule has 2 N–H and O–H groups in total. The van der Waals surface area contributed by atoms with Gasteiger partial charge in [0.25, 0.3) is 7.82 Å². The maximum atomic E-state index is 12.2. The zero-order valence-corrected chi connectivity index (χ0v) is 24.1.